The van der Waals surface area contributed by atoms with Gasteiger partial charge in [0, 0.05) is 10.9 Å². The van der Waals surface area contributed by atoms with Gasteiger partial charge < -0.3 is 15.6 Å². The lowest BCUT2D eigenvalue weighted by molar-refractivity contribution is 0.613. The van der Waals surface area contributed by atoms with Crippen LogP contribution in [-0.4, -0.2) is 28.0 Å². The van der Waals surface area contributed by atoms with Crippen molar-refractivity contribution in [1.29, 1.82) is 0 Å². The monoisotopic (exact) mass is 441 g/mol. The molecule has 2 fully saturated rings. The molecule has 6 heteroatoms. The average Bonchev–Trinajstić information content (AvgIpc) is 3.66. The molecular formula is C26H27N5S. The van der Waals surface area contributed by atoms with Gasteiger partial charge in [-0.15, -0.1) is 11.3 Å². The number of imidazole rings is 1. The van der Waals surface area contributed by atoms with Crippen molar-refractivity contribution in [2.24, 2.45) is 0 Å². The molecule has 6 rings (SSSR count). The van der Waals surface area contributed by atoms with E-state index in [1.54, 1.807) is 11.3 Å². The lowest BCUT2D eigenvalue weighted by Crippen LogP contribution is -2.14. The number of rotatable bonds is 5. The summed E-state index contributed by atoms with van der Waals surface area (Å²) < 4.78 is 0. The second kappa shape index (κ2) is 8.62. The second-order valence-electron chi connectivity index (χ2n) is 8.71. The zero-order chi connectivity index (χ0) is 21.3. The number of aromatic amines is 1. The number of benzene rings is 2. The van der Waals surface area contributed by atoms with Crippen LogP contribution in [0.4, 0.5) is 0 Å². The SMILES string of the molecule is c1cc(-c2csc(C3CCCN3)n2)ccc1-c1ccc(-c2cnc(C3CCCN3)[nH]2)cc1. The molecule has 2 aliphatic rings. The van der Waals surface area contributed by atoms with E-state index in [2.05, 4.69) is 74.5 Å². The first-order chi connectivity index (χ1) is 15.8. The maximum Gasteiger partial charge on any atom is 0.123 e. The first-order valence-corrected chi connectivity index (χ1v) is 12.4. The molecule has 3 N–H and O–H groups in total. The lowest BCUT2D eigenvalue weighted by atomic mass is 10.0. The summed E-state index contributed by atoms with van der Waals surface area (Å²) in [5.74, 6) is 1.05. The number of nitrogens with one attached hydrogen (secondary N) is 3. The van der Waals surface area contributed by atoms with E-state index in [0.29, 0.717) is 12.1 Å². The third kappa shape index (κ3) is 3.90. The van der Waals surface area contributed by atoms with Gasteiger partial charge in [0.15, 0.2) is 0 Å². The first kappa shape index (κ1) is 19.9. The summed E-state index contributed by atoms with van der Waals surface area (Å²) in [4.78, 5) is 13.0. The van der Waals surface area contributed by atoms with E-state index >= 15 is 0 Å². The number of aromatic nitrogens is 3. The first-order valence-electron chi connectivity index (χ1n) is 11.5. The molecule has 2 unspecified atom stereocenters. The predicted molar refractivity (Wildman–Crippen MR) is 131 cm³/mol. The van der Waals surface area contributed by atoms with Crippen LogP contribution >= 0.6 is 11.3 Å². The fraction of sp³-hybridized carbons (Fsp3) is 0.308. The molecule has 4 aromatic rings. The van der Waals surface area contributed by atoms with E-state index in [0.717, 1.165) is 42.3 Å². The van der Waals surface area contributed by atoms with Gasteiger partial charge in [0.05, 0.1) is 29.7 Å². The average molecular weight is 442 g/mol. The highest BCUT2D eigenvalue weighted by molar-refractivity contribution is 7.10. The van der Waals surface area contributed by atoms with Gasteiger partial charge in [-0.25, -0.2) is 9.97 Å². The number of nitrogens with zero attached hydrogens (tertiary/aromatic N) is 2. The fourth-order valence-electron chi connectivity index (χ4n) is 4.73. The van der Waals surface area contributed by atoms with E-state index in [1.165, 1.54) is 41.0 Å². The Hall–Kier alpha value is -2.80. The Balaban J connectivity index is 1.17. The predicted octanol–water partition coefficient (Wildman–Crippen LogP) is 5.72. The zero-order valence-electron chi connectivity index (χ0n) is 18.0. The Morgan fingerprint density at radius 1 is 0.750 bits per heavy atom. The standard InChI is InChI=1S/C26H27N5S/c1-3-21(27-13-1)25-29-15-23(30-25)19-9-5-17(6-10-19)18-7-11-20(12-8-18)24-16-32-26(31-24)22-4-2-14-28-22/h5-12,15-16,21-22,27-28H,1-4,13-14H2,(H,29,30). The van der Waals surface area contributed by atoms with Crippen LogP contribution in [0.2, 0.25) is 0 Å². The summed E-state index contributed by atoms with van der Waals surface area (Å²) >= 11 is 1.77. The van der Waals surface area contributed by atoms with Gasteiger partial charge in [0.1, 0.15) is 10.8 Å². The third-order valence-electron chi connectivity index (χ3n) is 6.58. The van der Waals surface area contributed by atoms with Crippen molar-refractivity contribution in [1.82, 2.24) is 25.6 Å². The maximum atomic E-state index is 4.88. The molecule has 4 heterocycles. The number of hydrogen-bond acceptors (Lipinski definition) is 5. The van der Waals surface area contributed by atoms with Crippen LogP contribution in [0, 0.1) is 0 Å². The van der Waals surface area contributed by atoms with Crippen LogP contribution in [0.25, 0.3) is 33.6 Å². The molecule has 32 heavy (non-hydrogen) atoms. The molecular weight excluding hydrogens is 414 g/mol. The van der Waals surface area contributed by atoms with Gasteiger partial charge in [0.25, 0.3) is 0 Å². The van der Waals surface area contributed by atoms with E-state index in [9.17, 15) is 0 Å². The normalized spacial score (nSPS) is 20.8. The van der Waals surface area contributed by atoms with E-state index < -0.39 is 0 Å². The minimum absolute atomic E-state index is 0.366. The van der Waals surface area contributed by atoms with Crippen molar-refractivity contribution in [2.45, 2.75) is 37.8 Å². The van der Waals surface area contributed by atoms with Gasteiger partial charge in [0.2, 0.25) is 0 Å². The quantitative estimate of drug-likeness (QED) is 0.371. The van der Waals surface area contributed by atoms with Crippen LogP contribution in [0.1, 0.15) is 48.6 Å². The summed E-state index contributed by atoms with van der Waals surface area (Å²) in [5, 5.41) is 10.4. The van der Waals surface area contributed by atoms with Gasteiger partial charge in [-0.3, -0.25) is 0 Å². The topological polar surface area (TPSA) is 65.6 Å². The minimum Gasteiger partial charge on any atom is -0.341 e. The van der Waals surface area contributed by atoms with Crippen molar-refractivity contribution in [3.63, 3.8) is 0 Å². The number of thiazole rings is 1. The third-order valence-corrected chi connectivity index (χ3v) is 7.53. The van der Waals surface area contributed by atoms with E-state index in [-0.39, 0.29) is 0 Å². The Morgan fingerprint density at radius 2 is 1.38 bits per heavy atom. The van der Waals surface area contributed by atoms with Gasteiger partial charge >= 0.3 is 0 Å². The summed E-state index contributed by atoms with van der Waals surface area (Å²) in [6, 6.07) is 18.3. The van der Waals surface area contributed by atoms with Crippen LogP contribution < -0.4 is 10.6 Å². The summed E-state index contributed by atoms with van der Waals surface area (Å²) in [7, 11) is 0. The van der Waals surface area contributed by atoms with E-state index in [1.807, 2.05) is 6.20 Å². The maximum absolute atomic E-state index is 4.88. The molecule has 2 saturated heterocycles. The molecule has 2 atom stereocenters. The zero-order valence-corrected chi connectivity index (χ0v) is 18.8. The minimum atomic E-state index is 0.366. The molecule has 2 aromatic heterocycles. The molecule has 5 nitrogen and oxygen atoms in total. The summed E-state index contributed by atoms with van der Waals surface area (Å²) in [6.45, 7) is 2.18. The van der Waals surface area contributed by atoms with Crippen molar-refractivity contribution in [3.05, 3.63) is 70.9 Å². The molecule has 2 aromatic carbocycles. The Morgan fingerprint density at radius 3 is 2.03 bits per heavy atom. The van der Waals surface area contributed by atoms with Crippen molar-refractivity contribution in [3.8, 4) is 33.6 Å². The van der Waals surface area contributed by atoms with E-state index in [4.69, 9.17) is 4.98 Å². The highest BCUT2D eigenvalue weighted by Crippen LogP contribution is 2.31. The molecule has 0 radical (unpaired) electrons. The van der Waals surface area contributed by atoms with Crippen molar-refractivity contribution in [2.75, 3.05) is 13.1 Å². The van der Waals surface area contributed by atoms with Gasteiger partial charge in [-0.1, -0.05) is 48.5 Å². The Kier molecular flexibility index (Phi) is 5.35. The summed E-state index contributed by atoms with van der Waals surface area (Å²) in [5.41, 5.74) is 6.92. The highest BCUT2D eigenvalue weighted by Gasteiger charge is 2.20. The molecule has 0 aliphatic carbocycles. The molecule has 0 spiro atoms. The molecule has 162 valence electrons. The van der Waals surface area contributed by atoms with Crippen molar-refractivity contribution < 1.29 is 0 Å². The van der Waals surface area contributed by atoms with Crippen LogP contribution in [0.15, 0.2) is 60.1 Å². The van der Waals surface area contributed by atoms with Crippen LogP contribution in [-0.2, 0) is 0 Å². The van der Waals surface area contributed by atoms with Gasteiger partial charge in [-0.2, -0.15) is 0 Å². The second-order valence-corrected chi connectivity index (χ2v) is 9.60. The van der Waals surface area contributed by atoms with Crippen LogP contribution in [0.5, 0.6) is 0 Å². The molecule has 2 aliphatic heterocycles. The fourth-order valence-corrected chi connectivity index (χ4v) is 5.67. The largest absolute Gasteiger partial charge is 0.341 e. The Bertz CT molecular complexity index is 1080. The van der Waals surface area contributed by atoms with Crippen molar-refractivity contribution >= 4 is 11.3 Å². The number of hydrogen-bond donors (Lipinski definition) is 3. The summed E-state index contributed by atoms with van der Waals surface area (Å²) in [6.07, 6.45) is 6.75. The molecule has 0 bridgehead atoms. The smallest absolute Gasteiger partial charge is 0.123 e. The Labute approximate surface area is 192 Å². The highest BCUT2D eigenvalue weighted by atomic mass is 32.1. The number of H-pyrrole nitrogens is 1. The lowest BCUT2D eigenvalue weighted by Gasteiger charge is -2.07. The van der Waals surface area contributed by atoms with Crippen LogP contribution in [0.3, 0.4) is 0 Å². The molecule has 0 amide bonds. The van der Waals surface area contributed by atoms with Gasteiger partial charge in [-0.05, 0) is 55.5 Å². The molecule has 0 saturated carbocycles.